The molecule has 0 aromatic heterocycles. The van der Waals surface area contributed by atoms with Crippen molar-refractivity contribution in [1.82, 2.24) is 5.32 Å². The lowest BCUT2D eigenvalue weighted by Gasteiger charge is -2.28. The van der Waals surface area contributed by atoms with Gasteiger partial charge in [-0.05, 0) is 35.2 Å². The van der Waals surface area contributed by atoms with Crippen LogP contribution in [0.1, 0.15) is 36.7 Å². The van der Waals surface area contributed by atoms with Crippen LogP contribution in [0.5, 0.6) is 11.5 Å². The Hall–Kier alpha value is -3.82. The zero-order valence-corrected chi connectivity index (χ0v) is 19.1. The average Bonchev–Trinajstić information content (AvgIpc) is 2.74. The van der Waals surface area contributed by atoms with Crippen molar-refractivity contribution < 1.29 is 41.7 Å². The molecule has 0 heterocycles. The van der Waals surface area contributed by atoms with Crippen LogP contribution in [0.25, 0.3) is 10.8 Å². The highest BCUT2D eigenvalue weighted by atomic mass is 19.4. The molecule has 0 aliphatic heterocycles. The van der Waals surface area contributed by atoms with E-state index in [0.717, 1.165) is 12.1 Å². The first kappa shape index (κ1) is 25.8. The van der Waals surface area contributed by atoms with E-state index in [1.165, 1.54) is 36.4 Å². The van der Waals surface area contributed by atoms with Crippen LogP contribution in [0.15, 0.2) is 54.6 Å². The second-order valence-electron chi connectivity index (χ2n) is 8.87. The van der Waals surface area contributed by atoms with Crippen molar-refractivity contribution in [3.63, 3.8) is 0 Å². The summed E-state index contributed by atoms with van der Waals surface area (Å²) >= 11 is 0. The monoisotopic (exact) mass is 493 g/mol. The molecule has 3 aromatic rings. The second-order valence-corrected chi connectivity index (χ2v) is 8.87. The molecule has 0 aliphatic rings. The molecule has 0 fully saturated rings. The number of fused-ring (bicyclic) bond motifs is 1. The zero-order chi connectivity index (χ0) is 26.0. The van der Waals surface area contributed by atoms with Gasteiger partial charge in [0.15, 0.2) is 0 Å². The van der Waals surface area contributed by atoms with Crippen LogP contribution in [0.4, 0.5) is 17.6 Å². The van der Waals surface area contributed by atoms with Crippen LogP contribution in [-0.4, -0.2) is 29.4 Å². The van der Waals surface area contributed by atoms with Crippen LogP contribution in [0.3, 0.4) is 0 Å². The Balaban J connectivity index is 1.94. The number of halogens is 4. The average molecular weight is 493 g/mol. The fourth-order valence-corrected chi connectivity index (χ4v) is 3.43. The molecule has 2 N–H and O–H groups in total. The first-order valence-electron chi connectivity index (χ1n) is 10.5. The third kappa shape index (κ3) is 6.40. The molecule has 0 bridgehead atoms. The van der Waals surface area contributed by atoms with Gasteiger partial charge >= 0.3 is 12.3 Å². The fourth-order valence-electron chi connectivity index (χ4n) is 3.43. The summed E-state index contributed by atoms with van der Waals surface area (Å²) in [6, 6.07) is 10.7. The number of ether oxygens (including phenoxy) is 2. The Morgan fingerprint density at radius 2 is 1.63 bits per heavy atom. The number of amides is 1. The lowest BCUT2D eigenvalue weighted by Crippen LogP contribution is -2.49. The molecule has 1 amide bonds. The number of alkyl halides is 3. The van der Waals surface area contributed by atoms with Crippen LogP contribution in [-0.2, 0) is 11.4 Å². The smallest absolute Gasteiger partial charge is 0.487 e. The lowest BCUT2D eigenvalue weighted by atomic mass is 9.86. The Kier molecular flexibility index (Phi) is 7.23. The van der Waals surface area contributed by atoms with Crippen molar-refractivity contribution in [1.29, 1.82) is 0 Å². The van der Waals surface area contributed by atoms with E-state index in [1.54, 1.807) is 26.8 Å². The van der Waals surface area contributed by atoms with Gasteiger partial charge < -0.3 is 19.9 Å². The quantitative estimate of drug-likeness (QED) is 0.414. The maximum absolute atomic E-state index is 14.4. The molecule has 0 unspecified atom stereocenters. The summed E-state index contributed by atoms with van der Waals surface area (Å²) < 4.78 is 61.2. The van der Waals surface area contributed by atoms with Gasteiger partial charge in [0.1, 0.15) is 30.0 Å². The third-order valence-corrected chi connectivity index (χ3v) is 5.13. The number of carbonyl (C=O) groups is 2. The van der Waals surface area contributed by atoms with Crippen LogP contribution < -0.4 is 14.8 Å². The van der Waals surface area contributed by atoms with Gasteiger partial charge in [-0.1, -0.05) is 51.1 Å². The zero-order valence-electron chi connectivity index (χ0n) is 19.1. The third-order valence-electron chi connectivity index (χ3n) is 5.13. The number of carboxylic acids is 1. The Labute approximate surface area is 198 Å². The Morgan fingerprint density at radius 3 is 2.20 bits per heavy atom. The Bertz CT molecular complexity index is 1230. The predicted octanol–water partition coefficient (Wildman–Crippen LogP) is 5.69. The number of rotatable bonds is 7. The van der Waals surface area contributed by atoms with Crippen molar-refractivity contribution in [2.45, 2.75) is 39.8 Å². The molecule has 1 atom stereocenters. The molecule has 0 aliphatic carbocycles. The van der Waals surface area contributed by atoms with Crippen LogP contribution >= 0.6 is 0 Å². The highest BCUT2D eigenvalue weighted by Gasteiger charge is 2.34. The van der Waals surface area contributed by atoms with E-state index in [0.29, 0.717) is 5.56 Å². The van der Waals surface area contributed by atoms with E-state index in [4.69, 9.17) is 4.74 Å². The van der Waals surface area contributed by atoms with Gasteiger partial charge in [0, 0.05) is 10.8 Å². The molecule has 0 radical (unpaired) electrons. The van der Waals surface area contributed by atoms with Gasteiger partial charge in [-0.2, -0.15) is 0 Å². The number of nitrogens with one attached hydrogen (secondary N) is 1. The van der Waals surface area contributed by atoms with E-state index in [1.807, 2.05) is 0 Å². The minimum Gasteiger partial charge on any atom is -0.487 e. The second kappa shape index (κ2) is 9.81. The van der Waals surface area contributed by atoms with Crippen molar-refractivity contribution in [2.24, 2.45) is 5.41 Å². The molecule has 0 saturated carbocycles. The molecule has 6 nitrogen and oxygen atoms in total. The summed E-state index contributed by atoms with van der Waals surface area (Å²) in [6.45, 7) is 4.81. The van der Waals surface area contributed by atoms with Crippen molar-refractivity contribution in [3.8, 4) is 11.5 Å². The van der Waals surface area contributed by atoms with E-state index in [-0.39, 0.29) is 28.7 Å². The van der Waals surface area contributed by atoms with E-state index < -0.39 is 41.3 Å². The maximum Gasteiger partial charge on any atom is 0.573 e. The Morgan fingerprint density at radius 1 is 0.971 bits per heavy atom. The highest BCUT2D eigenvalue weighted by molar-refractivity contribution is 6.05. The van der Waals surface area contributed by atoms with Gasteiger partial charge in [0.2, 0.25) is 0 Å². The van der Waals surface area contributed by atoms with Gasteiger partial charge in [0.25, 0.3) is 5.91 Å². The van der Waals surface area contributed by atoms with E-state index in [9.17, 15) is 32.3 Å². The normalized spacial score (nSPS) is 12.8. The molecule has 3 rings (SSSR count). The topological polar surface area (TPSA) is 84.9 Å². The number of hydrogen-bond donors (Lipinski definition) is 2. The number of carbonyl (C=O) groups excluding carboxylic acids is 1. The van der Waals surface area contributed by atoms with Gasteiger partial charge in [-0.15, -0.1) is 13.2 Å². The molecule has 0 saturated heterocycles. The number of hydrogen-bond acceptors (Lipinski definition) is 4. The fraction of sp³-hybridized carbons (Fsp3) is 0.280. The highest BCUT2D eigenvalue weighted by Crippen LogP contribution is 2.33. The van der Waals surface area contributed by atoms with Crippen LogP contribution in [0.2, 0.25) is 0 Å². The predicted molar refractivity (Wildman–Crippen MR) is 120 cm³/mol. The summed E-state index contributed by atoms with van der Waals surface area (Å²) in [6.07, 6.45) is -4.83. The molecule has 3 aromatic carbocycles. The first-order chi connectivity index (χ1) is 16.3. The largest absolute Gasteiger partial charge is 0.573 e. The van der Waals surface area contributed by atoms with Crippen molar-refractivity contribution in [3.05, 3.63) is 71.5 Å². The molecular formula is C25H23F4NO5. The number of benzene rings is 3. The number of aliphatic carboxylic acids is 1. The summed E-state index contributed by atoms with van der Waals surface area (Å²) in [4.78, 5) is 24.8. The van der Waals surface area contributed by atoms with Gasteiger partial charge in [0.05, 0.1) is 5.56 Å². The van der Waals surface area contributed by atoms with E-state index >= 15 is 0 Å². The molecule has 10 heteroatoms. The minimum atomic E-state index is -4.83. The van der Waals surface area contributed by atoms with Gasteiger partial charge in [-0.25, -0.2) is 9.18 Å². The lowest BCUT2D eigenvalue weighted by molar-refractivity contribution is -0.274. The summed E-state index contributed by atoms with van der Waals surface area (Å²) in [5.41, 5.74) is -0.362. The molecule has 0 spiro atoms. The first-order valence-corrected chi connectivity index (χ1v) is 10.5. The maximum atomic E-state index is 14.4. The molecule has 186 valence electrons. The number of carboxylic acid groups (broad SMARTS) is 1. The minimum absolute atomic E-state index is 0.00756. The summed E-state index contributed by atoms with van der Waals surface area (Å²) in [5, 5.41) is 12.5. The van der Waals surface area contributed by atoms with Gasteiger partial charge in [-0.3, -0.25) is 4.79 Å². The molecule has 35 heavy (non-hydrogen) atoms. The van der Waals surface area contributed by atoms with Crippen molar-refractivity contribution >= 4 is 22.6 Å². The van der Waals surface area contributed by atoms with Crippen LogP contribution in [0, 0.1) is 11.2 Å². The molecular weight excluding hydrogens is 470 g/mol. The van der Waals surface area contributed by atoms with E-state index in [2.05, 4.69) is 10.1 Å². The standard InChI is InChI=1S/C25H23F4NO5/c1-24(2,3)21(23(32)33)30-22(31)18-12-11-16-17(5-4-6-19(16)26)20(18)34-13-14-7-9-15(10-8-14)35-25(27,28)29/h4-12,21H,13H2,1-3H3,(H,30,31)(H,32,33)/t21-/m1/s1. The summed E-state index contributed by atoms with van der Waals surface area (Å²) in [7, 11) is 0. The van der Waals surface area contributed by atoms with Crippen molar-refractivity contribution in [2.75, 3.05) is 0 Å². The summed E-state index contributed by atoms with van der Waals surface area (Å²) in [5.74, 6) is -2.90. The SMILES string of the molecule is CC(C)(C)[C@H](NC(=O)c1ccc2c(F)cccc2c1OCc1ccc(OC(F)(F)F)cc1)C(=O)O.